The average molecular weight is 385 g/mol. The smallest absolute Gasteiger partial charge is 0.339 e. The summed E-state index contributed by atoms with van der Waals surface area (Å²) in [7, 11) is 0. The fourth-order valence-electron chi connectivity index (χ4n) is 3.45. The zero-order chi connectivity index (χ0) is 20.1. The molecule has 2 heterocycles. The first-order valence-corrected chi connectivity index (χ1v) is 9.89. The molecule has 1 N–H and O–H groups in total. The predicted octanol–water partition coefficient (Wildman–Crippen LogP) is 1.89. The molecule has 3 rings (SSSR count). The maximum Gasteiger partial charge on any atom is 0.346 e. The van der Waals surface area contributed by atoms with Crippen LogP contribution in [0, 0.1) is 0 Å². The lowest BCUT2D eigenvalue weighted by Gasteiger charge is -2.18. The predicted molar refractivity (Wildman–Crippen MR) is 106 cm³/mol. The lowest BCUT2D eigenvalue weighted by atomic mass is 10.1. The third-order valence-corrected chi connectivity index (χ3v) is 5.04. The van der Waals surface area contributed by atoms with Gasteiger partial charge in [-0.3, -0.25) is 14.2 Å². The van der Waals surface area contributed by atoms with E-state index in [4.69, 9.17) is 0 Å². The first-order chi connectivity index (χ1) is 13.5. The number of fused-ring (bicyclic) bond motifs is 1. The molecule has 1 aromatic carbocycles. The van der Waals surface area contributed by atoms with Crippen molar-refractivity contribution in [3.05, 3.63) is 46.1 Å². The molecule has 0 saturated carbocycles. The summed E-state index contributed by atoms with van der Waals surface area (Å²) in [4.78, 5) is 38.8. The molecule has 1 aliphatic rings. The summed E-state index contributed by atoms with van der Waals surface area (Å²) in [5, 5.41) is 7.08. The zero-order valence-electron chi connectivity index (χ0n) is 16.5. The lowest BCUT2D eigenvalue weighted by Crippen LogP contribution is -2.30. The van der Waals surface area contributed by atoms with Gasteiger partial charge < -0.3 is 10.2 Å². The molecule has 0 atom stereocenters. The Balaban J connectivity index is 1.64. The molecule has 1 aliphatic heterocycles. The zero-order valence-corrected chi connectivity index (χ0v) is 16.5. The van der Waals surface area contributed by atoms with Gasteiger partial charge in [0, 0.05) is 37.3 Å². The van der Waals surface area contributed by atoms with Crippen molar-refractivity contribution in [2.24, 2.45) is 0 Å². The molecule has 0 aliphatic carbocycles. The van der Waals surface area contributed by atoms with E-state index in [0.29, 0.717) is 30.9 Å². The molecule has 1 aromatic heterocycles. The van der Waals surface area contributed by atoms with E-state index >= 15 is 0 Å². The first kappa shape index (κ1) is 19.9. The Bertz CT molecular complexity index is 894. The van der Waals surface area contributed by atoms with Crippen molar-refractivity contribution in [3.63, 3.8) is 0 Å². The number of aryl methyl sites for hydroxylation is 1. The highest BCUT2D eigenvalue weighted by Gasteiger charge is 2.17. The second-order valence-electron chi connectivity index (χ2n) is 6.92. The Morgan fingerprint density at radius 1 is 1.11 bits per heavy atom. The second-order valence-corrected chi connectivity index (χ2v) is 6.92. The minimum Gasteiger partial charge on any atom is -0.339 e. The highest BCUT2D eigenvalue weighted by Crippen LogP contribution is 2.13. The highest BCUT2D eigenvalue weighted by molar-refractivity contribution is 5.95. The summed E-state index contributed by atoms with van der Waals surface area (Å²) >= 11 is 0. The molecule has 0 radical (unpaired) electrons. The summed E-state index contributed by atoms with van der Waals surface area (Å²) in [5.74, 6) is 0.404. The van der Waals surface area contributed by atoms with Gasteiger partial charge in [-0.1, -0.05) is 6.42 Å². The molecule has 0 bridgehead atoms. The van der Waals surface area contributed by atoms with Crippen LogP contribution in [0.25, 0.3) is 0 Å². The number of nitrogens with zero attached hydrogens (tertiary/aromatic N) is 4. The molecule has 2 amide bonds. The molecule has 28 heavy (non-hydrogen) atoms. The minimum absolute atomic E-state index is 0.0334. The number of nitrogens with one attached hydrogen (secondary N) is 1. The fourth-order valence-corrected chi connectivity index (χ4v) is 3.45. The van der Waals surface area contributed by atoms with Crippen LogP contribution in [0.3, 0.4) is 0 Å². The number of carbonyl (C=O) groups excluding carboxylic acids is 2. The second kappa shape index (κ2) is 8.86. The Morgan fingerprint density at radius 3 is 2.50 bits per heavy atom. The number of amides is 2. The van der Waals surface area contributed by atoms with Crippen molar-refractivity contribution in [3.8, 4) is 0 Å². The van der Waals surface area contributed by atoms with Gasteiger partial charge in [0.1, 0.15) is 12.4 Å². The Hall–Kier alpha value is -2.90. The number of rotatable bonds is 6. The Kier molecular flexibility index (Phi) is 6.28. The van der Waals surface area contributed by atoms with Crippen LogP contribution in [0.5, 0.6) is 0 Å². The molecule has 0 spiro atoms. The van der Waals surface area contributed by atoms with Gasteiger partial charge in [-0.05, 0) is 51.0 Å². The number of aromatic nitrogens is 3. The van der Waals surface area contributed by atoms with Crippen molar-refractivity contribution < 1.29 is 9.59 Å². The lowest BCUT2D eigenvalue weighted by molar-refractivity contribution is -0.117. The summed E-state index contributed by atoms with van der Waals surface area (Å²) in [6, 6.07) is 6.78. The molecule has 8 heteroatoms. The van der Waals surface area contributed by atoms with Crippen molar-refractivity contribution in [2.45, 2.75) is 52.6 Å². The van der Waals surface area contributed by atoms with Crippen LogP contribution < -0.4 is 11.0 Å². The van der Waals surface area contributed by atoms with Crippen molar-refractivity contribution >= 4 is 17.5 Å². The van der Waals surface area contributed by atoms with Crippen LogP contribution in [-0.2, 0) is 24.3 Å². The SMILES string of the molecule is CCN(CC)C(=O)c1ccc(NC(=O)Cn2nc3n(c2=O)CCCCC3)cc1. The van der Waals surface area contributed by atoms with E-state index < -0.39 is 0 Å². The summed E-state index contributed by atoms with van der Waals surface area (Å²) in [6.07, 6.45) is 3.84. The maximum atomic E-state index is 12.4. The van der Waals surface area contributed by atoms with E-state index in [1.54, 1.807) is 33.7 Å². The van der Waals surface area contributed by atoms with E-state index in [-0.39, 0.29) is 24.0 Å². The van der Waals surface area contributed by atoms with Gasteiger partial charge >= 0.3 is 5.69 Å². The van der Waals surface area contributed by atoms with Crippen molar-refractivity contribution in [2.75, 3.05) is 18.4 Å². The third kappa shape index (κ3) is 4.32. The van der Waals surface area contributed by atoms with Crippen LogP contribution in [0.1, 0.15) is 49.3 Å². The largest absolute Gasteiger partial charge is 0.346 e. The van der Waals surface area contributed by atoms with Gasteiger partial charge in [0.05, 0.1) is 0 Å². The molecule has 2 aromatic rings. The molecular formula is C20H27N5O3. The van der Waals surface area contributed by atoms with Gasteiger partial charge in [0.15, 0.2) is 0 Å². The maximum absolute atomic E-state index is 12.4. The van der Waals surface area contributed by atoms with Gasteiger partial charge in [-0.25, -0.2) is 9.48 Å². The number of carbonyl (C=O) groups is 2. The topological polar surface area (TPSA) is 89.2 Å². The fraction of sp³-hybridized carbons (Fsp3) is 0.500. The van der Waals surface area contributed by atoms with Crippen LogP contribution in [-0.4, -0.2) is 44.2 Å². The van der Waals surface area contributed by atoms with E-state index in [0.717, 1.165) is 31.5 Å². The number of anilines is 1. The van der Waals surface area contributed by atoms with Crippen LogP contribution in [0.4, 0.5) is 5.69 Å². The summed E-state index contributed by atoms with van der Waals surface area (Å²) < 4.78 is 2.90. The van der Waals surface area contributed by atoms with Crippen LogP contribution >= 0.6 is 0 Å². The van der Waals surface area contributed by atoms with Crippen LogP contribution in [0.15, 0.2) is 29.1 Å². The van der Waals surface area contributed by atoms with E-state index in [1.165, 1.54) is 4.68 Å². The first-order valence-electron chi connectivity index (χ1n) is 9.89. The van der Waals surface area contributed by atoms with Gasteiger partial charge in [0.2, 0.25) is 5.91 Å². The monoisotopic (exact) mass is 385 g/mol. The Labute approximate surface area is 164 Å². The van der Waals surface area contributed by atoms with Crippen molar-refractivity contribution in [1.82, 2.24) is 19.2 Å². The van der Waals surface area contributed by atoms with E-state index in [1.807, 2.05) is 13.8 Å². The van der Waals surface area contributed by atoms with Crippen LogP contribution in [0.2, 0.25) is 0 Å². The molecular weight excluding hydrogens is 358 g/mol. The molecule has 8 nitrogen and oxygen atoms in total. The van der Waals surface area contributed by atoms with Gasteiger partial charge in [-0.15, -0.1) is 0 Å². The van der Waals surface area contributed by atoms with Gasteiger partial charge in [-0.2, -0.15) is 5.10 Å². The highest BCUT2D eigenvalue weighted by atomic mass is 16.2. The molecule has 0 fully saturated rings. The number of hydrogen-bond donors (Lipinski definition) is 1. The normalized spacial score (nSPS) is 13.5. The average Bonchev–Trinajstić information content (AvgIpc) is 2.86. The van der Waals surface area contributed by atoms with Crippen molar-refractivity contribution in [1.29, 1.82) is 0 Å². The quantitative estimate of drug-likeness (QED) is 0.822. The minimum atomic E-state index is -0.321. The van der Waals surface area contributed by atoms with E-state index in [2.05, 4.69) is 10.4 Å². The molecule has 150 valence electrons. The number of benzene rings is 1. The number of hydrogen-bond acceptors (Lipinski definition) is 4. The summed E-state index contributed by atoms with van der Waals surface area (Å²) in [6.45, 7) is 5.71. The third-order valence-electron chi connectivity index (χ3n) is 5.04. The van der Waals surface area contributed by atoms with Gasteiger partial charge in [0.25, 0.3) is 5.91 Å². The Morgan fingerprint density at radius 2 is 1.82 bits per heavy atom. The summed E-state index contributed by atoms with van der Waals surface area (Å²) in [5.41, 5.74) is 0.929. The standard InChI is InChI=1S/C20H27N5O3/c1-3-23(4-2)19(27)15-9-11-16(12-10-15)21-18(26)14-25-20(28)24-13-7-5-6-8-17(24)22-25/h9-12H,3-8,13-14H2,1-2H3,(H,21,26). The molecule has 0 unspecified atom stereocenters. The molecule has 0 saturated heterocycles. The van der Waals surface area contributed by atoms with E-state index in [9.17, 15) is 14.4 Å².